The second kappa shape index (κ2) is 6.18. The zero-order valence-corrected chi connectivity index (χ0v) is 12.1. The second-order valence-electron chi connectivity index (χ2n) is 4.73. The van der Waals surface area contributed by atoms with Gasteiger partial charge in [-0.25, -0.2) is 4.79 Å². The lowest BCUT2D eigenvalue weighted by Crippen LogP contribution is -2.23. The van der Waals surface area contributed by atoms with Gasteiger partial charge in [-0.1, -0.05) is 30.3 Å². The van der Waals surface area contributed by atoms with Crippen LogP contribution in [0.1, 0.15) is 6.42 Å². The highest BCUT2D eigenvalue weighted by Gasteiger charge is 2.29. The largest absolute Gasteiger partial charge is 0.463 e. The number of cyclic esters (lactones) is 1. The first-order valence-electron chi connectivity index (χ1n) is 6.70. The summed E-state index contributed by atoms with van der Waals surface area (Å²) >= 11 is 1.40. The van der Waals surface area contributed by atoms with Crippen molar-refractivity contribution in [2.75, 3.05) is 12.4 Å². The van der Waals surface area contributed by atoms with Crippen molar-refractivity contribution in [2.24, 2.45) is 0 Å². The fraction of sp³-hybridized carbons (Fsp3) is 0.250. The number of thioether (sulfide) groups is 1. The molecule has 0 amide bonds. The number of ether oxygens (including phenoxy) is 2. The molecule has 1 aliphatic heterocycles. The summed E-state index contributed by atoms with van der Waals surface area (Å²) in [6.45, 7) is 0.328. The van der Waals surface area contributed by atoms with E-state index in [0.717, 1.165) is 15.7 Å². The van der Waals surface area contributed by atoms with Crippen molar-refractivity contribution in [3.63, 3.8) is 0 Å². The first-order valence-corrected chi connectivity index (χ1v) is 7.69. The van der Waals surface area contributed by atoms with Crippen LogP contribution < -0.4 is 0 Å². The minimum absolute atomic E-state index is 0.183. The van der Waals surface area contributed by atoms with Crippen molar-refractivity contribution in [1.29, 1.82) is 0 Å². The summed E-state index contributed by atoms with van der Waals surface area (Å²) in [5.74, 6) is -0.654. The SMILES string of the molecule is O=C(CSc1ccc2ccccc2c1)O[C@H]1CCOC1=O. The first kappa shape index (κ1) is 13.9. The van der Waals surface area contributed by atoms with Crippen LogP contribution in [0, 0.1) is 0 Å². The number of esters is 2. The van der Waals surface area contributed by atoms with E-state index in [-0.39, 0.29) is 5.75 Å². The molecule has 21 heavy (non-hydrogen) atoms. The lowest BCUT2D eigenvalue weighted by molar-refractivity contribution is -0.158. The molecule has 2 aromatic carbocycles. The van der Waals surface area contributed by atoms with Gasteiger partial charge in [0, 0.05) is 11.3 Å². The van der Waals surface area contributed by atoms with Gasteiger partial charge < -0.3 is 9.47 Å². The van der Waals surface area contributed by atoms with Gasteiger partial charge in [0.2, 0.25) is 6.10 Å². The zero-order valence-electron chi connectivity index (χ0n) is 11.3. The molecule has 0 aromatic heterocycles. The molecule has 5 heteroatoms. The van der Waals surface area contributed by atoms with Crippen LogP contribution in [0.5, 0.6) is 0 Å². The number of hydrogen-bond acceptors (Lipinski definition) is 5. The maximum Gasteiger partial charge on any atom is 0.347 e. The molecule has 0 bridgehead atoms. The average molecular weight is 302 g/mol. The van der Waals surface area contributed by atoms with E-state index in [1.807, 2.05) is 42.5 Å². The van der Waals surface area contributed by atoms with Crippen LogP contribution in [-0.2, 0) is 19.1 Å². The fourth-order valence-electron chi connectivity index (χ4n) is 2.18. The van der Waals surface area contributed by atoms with E-state index in [1.54, 1.807) is 0 Å². The Morgan fingerprint density at radius 1 is 1.24 bits per heavy atom. The summed E-state index contributed by atoms with van der Waals surface area (Å²) in [4.78, 5) is 24.0. The number of hydrogen-bond donors (Lipinski definition) is 0. The molecule has 108 valence electrons. The Hall–Kier alpha value is -2.01. The van der Waals surface area contributed by atoms with Crippen molar-refractivity contribution in [3.05, 3.63) is 42.5 Å². The molecular weight excluding hydrogens is 288 g/mol. The molecule has 0 unspecified atom stereocenters. The average Bonchev–Trinajstić information content (AvgIpc) is 2.90. The monoisotopic (exact) mass is 302 g/mol. The molecule has 2 aromatic rings. The Morgan fingerprint density at radius 2 is 2.05 bits per heavy atom. The maximum atomic E-state index is 11.7. The third-order valence-corrected chi connectivity index (χ3v) is 4.21. The number of carbonyl (C=O) groups excluding carboxylic acids is 2. The van der Waals surface area contributed by atoms with Crippen LogP contribution >= 0.6 is 11.8 Å². The van der Waals surface area contributed by atoms with Crippen molar-refractivity contribution < 1.29 is 19.1 Å². The molecule has 0 aliphatic carbocycles. The Labute approximate surface area is 126 Å². The van der Waals surface area contributed by atoms with Gasteiger partial charge >= 0.3 is 11.9 Å². The Morgan fingerprint density at radius 3 is 2.81 bits per heavy atom. The minimum atomic E-state index is -0.727. The van der Waals surface area contributed by atoms with Crippen LogP contribution in [0.2, 0.25) is 0 Å². The summed E-state index contributed by atoms with van der Waals surface area (Å²) in [7, 11) is 0. The molecule has 0 spiro atoms. The lowest BCUT2D eigenvalue weighted by atomic mass is 10.1. The standard InChI is InChI=1S/C16H14O4S/c17-15(20-14-7-8-19-16(14)18)10-21-13-6-5-11-3-1-2-4-12(11)9-13/h1-6,9,14H,7-8,10H2/t14-/m0/s1. The summed E-state index contributed by atoms with van der Waals surface area (Å²) in [5, 5.41) is 2.30. The third-order valence-electron chi connectivity index (χ3n) is 3.24. The molecule has 4 nitrogen and oxygen atoms in total. The van der Waals surface area contributed by atoms with Crippen molar-refractivity contribution in [3.8, 4) is 0 Å². The molecule has 1 aliphatic rings. The predicted molar refractivity (Wildman–Crippen MR) is 80.1 cm³/mol. The molecule has 0 N–H and O–H groups in total. The zero-order chi connectivity index (χ0) is 14.7. The molecular formula is C16H14O4S. The van der Waals surface area contributed by atoms with Gasteiger partial charge in [0.1, 0.15) is 0 Å². The molecule has 0 saturated carbocycles. The second-order valence-corrected chi connectivity index (χ2v) is 5.78. The summed E-state index contributed by atoms with van der Waals surface area (Å²) in [6.07, 6.45) is -0.278. The number of rotatable bonds is 4. The predicted octanol–water partition coefficient (Wildman–Crippen LogP) is 2.79. The topological polar surface area (TPSA) is 52.6 Å². The van der Waals surface area contributed by atoms with Gasteiger partial charge in [0.05, 0.1) is 12.4 Å². The molecule has 1 fully saturated rings. The summed E-state index contributed by atoms with van der Waals surface area (Å²) in [5.41, 5.74) is 0. The molecule has 0 radical (unpaired) electrons. The number of carbonyl (C=O) groups is 2. The summed E-state index contributed by atoms with van der Waals surface area (Å²) in [6, 6.07) is 14.1. The van der Waals surface area contributed by atoms with Crippen LogP contribution in [0.3, 0.4) is 0 Å². The molecule has 3 rings (SSSR count). The third kappa shape index (κ3) is 3.36. The highest BCUT2D eigenvalue weighted by atomic mass is 32.2. The molecule has 1 heterocycles. The van der Waals surface area contributed by atoms with Crippen molar-refractivity contribution in [1.82, 2.24) is 0 Å². The van der Waals surface area contributed by atoms with Crippen LogP contribution in [-0.4, -0.2) is 30.4 Å². The van der Waals surface area contributed by atoms with Gasteiger partial charge in [-0.15, -0.1) is 11.8 Å². The Bertz CT molecular complexity index is 683. The number of benzene rings is 2. The Balaban J connectivity index is 1.58. The van der Waals surface area contributed by atoms with Gasteiger partial charge in [-0.2, -0.15) is 0 Å². The van der Waals surface area contributed by atoms with E-state index in [0.29, 0.717) is 13.0 Å². The molecule has 1 saturated heterocycles. The molecule has 1 atom stereocenters. The van der Waals surface area contributed by atoms with E-state index in [2.05, 4.69) is 0 Å². The van der Waals surface area contributed by atoms with Crippen molar-refractivity contribution in [2.45, 2.75) is 17.4 Å². The fourth-order valence-corrected chi connectivity index (χ4v) is 2.90. The van der Waals surface area contributed by atoms with Crippen molar-refractivity contribution >= 4 is 34.5 Å². The van der Waals surface area contributed by atoms with Crippen LogP contribution in [0.25, 0.3) is 10.8 Å². The van der Waals surface area contributed by atoms with Gasteiger partial charge in [-0.05, 0) is 22.9 Å². The quantitative estimate of drug-likeness (QED) is 0.642. The lowest BCUT2D eigenvalue weighted by Gasteiger charge is -2.08. The van der Waals surface area contributed by atoms with E-state index in [4.69, 9.17) is 9.47 Å². The number of fused-ring (bicyclic) bond motifs is 1. The highest BCUT2D eigenvalue weighted by Crippen LogP contribution is 2.24. The van der Waals surface area contributed by atoms with E-state index >= 15 is 0 Å². The Kier molecular flexibility index (Phi) is 4.10. The van der Waals surface area contributed by atoms with Gasteiger partial charge in [0.15, 0.2) is 0 Å². The van der Waals surface area contributed by atoms with Gasteiger partial charge in [-0.3, -0.25) is 4.79 Å². The summed E-state index contributed by atoms with van der Waals surface area (Å²) < 4.78 is 9.85. The normalized spacial score (nSPS) is 17.7. The minimum Gasteiger partial charge on any atom is -0.463 e. The van der Waals surface area contributed by atoms with E-state index < -0.39 is 18.0 Å². The van der Waals surface area contributed by atoms with Crippen LogP contribution in [0.15, 0.2) is 47.4 Å². The smallest absolute Gasteiger partial charge is 0.347 e. The maximum absolute atomic E-state index is 11.7. The van der Waals surface area contributed by atoms with Gasteiger partial charge in [0.25, 0.3) is 0 Å². The van der Waals surface area contributed by atoms with E-state index in [9.17, 15) is 9.59 Å². The van der Waals surface area contributed by atoms with E-state index in [1.165, 1.54) is 11.8 Å². The highest BCUT2D eigenvalue weighted by molar-refractivity contribution is 8.00. The first-order chi connectivity index (χ1) is 10.2. The van der Waals surface area contributed by atoms with Crippen LogP contribution in [0.4, 0.5) is 0 Å².